The van der Waals surface area contributed by atoms with Gasteiger partial charge in [0.15, 0.2) is 5.96 Å². The number of guanidine groups is 1. The molecule has 6 nitrogen and oxygen atoms in total. The van der Waals surface area contributed by atoms with E-state index in [0.717, 1.165) is 64.4 Å². The molecule has 0 radical (unpaired) electrons. The minimum atomic E-state index is 0. The molecule has 186 valence electrons. The largest absolute Gasteiger partial charge is 0.379 e. The van der Waals surface area contributed by atoms with Crippen molar-refractivity contribution in [2.45, 2.75) is 57.5 Å². The second-order valence-corrected chi connectivity index (χ2v) is 9.95. The zero-order valence-corrected chi connectivity index (χ0v) is 22.9. The van der Waals surface area contributed by atoms with Crippen molar-refractivity contribution in [2.24, 2.45) is 10.9 Å². The molecule has 2 heterocycles. The van der Waals surface area contributed by atoms with Gasteiger partial charge in [-0.15, -0.1) is 24.0 Å². The quantitative estimate of drug-likeness (QED) is 0.283. The normalized spacial score (nSPS) is 24.5. The molecule has 0 aromatic heterocycles. The molecule has 3 aliphatic rings. The fourth-order valence-corrected chi connectivity index (χ4v) is 5.66. The fourth-order valence-electron chi connectivity index (χ4n) is 5.66. The van der Waals surface area contributed by atoms with Gasteiger partial charge in [-0.25, -0.2) is 0 Å². The van der Waals surface area contributed by atoms with Crippen LogP contribution in [0, 0.1) is 5.92 Å². The maximum absolute atomic E-state index is 5.51. The molecule has 0 spiro atoms. The highest BCUT2D eigenvalue weighted by molar-refractivity contribution is 14.0. The summed E-state index contributed by atoms with van der Waals surface area (Å²) >= 11 is 0. The number of nitrogens with one attached hydrogen (secondary N) is 2. The Hall–Kier alpha value is -0.900. The summed E-state index contributed by atoms with van der Waals surface area (Å²) in [4.78, 5) is 10.3. The van der Waals surface area contributed by atoms with Gasteiger partial charge in [0.1, 0.15) is 0 Å². The van der Waals surface area contributed by atoms with Crippen LogP contribution in [0.1, 0.15) is 57.6 Å². The van der Waals surface area contributed by atoms with Crippen molar-refractivity contribution in [3.8, 4) is 0 Å². The van der Waals surface area contributed by atoms with Gasteiger partial charge in [0.05, 0.1) is 19.8 Å². The molecule has 1 saturated carbocycles. The molecule has 0 bridgehead atoms. The van der Waals surface area contributed by atoms with Crippen LogP contribution < -0.4 is 10.6 Å². The Balaban J connectivity index is 0.00000306. The van der Waals surface area contributed by atoms with Crippen LogP contribution >= 0.6 is 24.0 Å². The molecule has 1 aliphatic carbocycles. The highest BCUT2D eigenvalue weighted by Gasteiger charge is 2.35. The molecule has 2 aliphatic heterocycles. The maximum atomic E-state index is 5.51. The first-order valence-corrected chi connectivity index (χ1v) is 12.8. The number of aliphatic imine (C=N–C) groups is 1. The van der Waals surface area contributed by atoms with Gasteiger partial charge in [0.2, 0.25) is 0 Å². The van der Waals surface area contributed by atoms with Gasteiger partial charge >= 0.3 is 0 Å². The number of hydrogen-bond donors (Lipinski definition) is 2. The highest BCUT2D eigenvalue weighted by Crippen LogP contribution is 2.33. The van der Waals surface area contributed by atoms with Crippen LogP contribution in [0.5, 0.6) is 0 Å². The Bertz CT molecular complexity index is 719. The van der Waals surface area contributed by atoms with Gasteiger partial charge < -0.3 is 20.3 Å². The van der Waals surface area contributed by atoms with E-state index in [1.165, 1.54) is 44.2 Å². The number of likely N-dealkylation sites (tertiary alicyclic amines) is 1. The Morgan fingerprint density at radius 3 is 2.58 bits per heavy atom. The summed E-state index contributed by atoms with van der Waals surface area (Å²) in [5.41, 5.74) is 1.48. The second kappa shape index (κ2) is 13.3. The summed E-state index contributed by atoms with van der Waals surface area (Å²) in [7, 11) is 0. The van der Waals surface area contributed by atoms with E-state index in [1.807, 2.05) is 0 Å². The third kappa shape index (κ3) is 7.54. The summed E-state index contributed by atoms with van der Waals surface area (Å²) in [5.74, 6) is 1.84. The minimum Gasteiger partial charge on any atom is -0.379 e. The SMILES string of the molecule is CCNC(=NCC1(NC(C)c2ccccc2)CCCC1)N1CCC(CN2CCOCC2)C1.I. The number of rotatable bonds is 8. The predicted molar refractivity (Wildman–Crippen MR) is 148 cm³/mol. The van der Waals surface area contributed by atoms with E-state index in [1.54, 1.807) is 0 Å². The van der Waals surface area contributed by atoms with E-state index in [2.05, 4.69) is 64.6 Å². The molecule has 1 aromatic rings. The van der Waals surface area contributed by atoms with E-state index in [4.69, 9.17) is 9.73 Å². The lowest BCUT2D eigenvalue weighted by atomic mass is 9.95. The van der Waals surface area contributed by atoms with Crippen molar-refractivity contribution in [1.82, 2.24) is 20.4 Å². The zero-order valence-electron chi connectivity index (χ0n) is 20.6. The van der Waals surface area contributed by atoms with Crippen molar-refractivity contribution >= 4 is 29.9 Å². The number of nitrogens with zero attached hydrogens (tertiary/aromatic N) is 3. The van der Waals surface area contributed by atoms with Gasteiger partial charge in [-0.1, -0.05) is 43.2 Å². The average Bonchev–Trinajstić information content (AvgIpc) is 3.48. The third-order valence-corrected chi connectivity index (χ3v) is 7.45. The van der Waals surface area contributed by atoms with Crippen molar-refractivity contribution in [3.63, 3.8) is 0 Å². The maximum Gasteiger partial charge on any atom is 0.193 e. The molecule has 2 saturated heterocycles. The van der Waals surface area contributed by atoms with E-state index < -0.39 is 0 Å². The predicted octanol–water partition coefficient (Wildman–Crippen LogP) is 3.89. The Kier molecular flexibility index (Phi) is 10.7. The monoisotopic (exact) mass is 569 g/mol. The molecule has 2 unspecified atom stereocenters. The first kappa shape index (κ1) is 26.7. The molecular weight excluding hydrogens is 525 g/mol. The molecule has 7 heteroatoms. The topological polar surface area (TPSA) is 52.1 Å². The summed E-state index contributed by atoms with van der Waals surface area (Å²) in [6.45, 7) is 13.6. The molecule has 4 rings (SSSR count). The van der Waals surface area contributed by atoms with Crippen LogP contribution in [0.25, 0.3) is 0 Å². The van der Waals surface area contributed by atoms with Crippen LogP contribution in [-0.2, 0) is 4.74 Å². The average molecular weight is 570 g/mol. The number of morpholine rings is 1. The van der Waals surface area contributed by atoms with Crippen LogP contribution in [0.2, 0.25) is 0 Å². The lowest BCUT2D eigenvalue weighted by Crippen LogP contribution is -2.48. The lowest BCUT2D eigenvalue weighted by Gasteiger charge is -2.33. The number of ether oxygens (including phenoxy) is 1. The molecule has 1 aromatic carbocycles. The molecule has 0 amide bonds. The van der Waals surface area contributed by atoms with Crippen LogP contribution in [-0.4, -0.2) is 80.3 Å². The van der Waals surface area contributed by atoms with Gasteiger partial charge in [-0.05, 0) is 44.6 Å². The van der Waals surface area contributed by atoms with Crippen LogP contribution in [0.15, 0.2) is 35.3 Å². The van der Waals surface area contributed by atoms with Crippen LogP contribution in [0.4, 0.5) is 0 Å². The first-order chi connectivity index (χ1) is 15.7. The van der Waals surface area contributed by atoms with E-state index >= 15 is 0 Å². The van der Waals surface area contributed by atoms with Crippen molar-refractivity contribution < 1.29 is 4.74 Å². The summed E-state index contributed by atoms with van der Waals surface area (Å²) in [5, 5.41) is 7.58. The van der Waals surface area contributed by atoms with Crippen LogP contribution in [0.3, 0.4) is 0 Å². The molecule has 3 fully saturated rings. The van der Waals surface area contributed by atoms with E-state index in [9.17, 15) is 0 Å². The summed E-state index contributed by atoms with van der Waals surface area (Å²) < 4.78 is 5.51. The Morgan fingerprint density at radius 1 is 1.15 bits per heavy atom. The number of hydrogen-bond acceptors (Lipinski definition) is 4. The summed E-state index contributed by atoms with van der Waals surface area (Å²) in [6, 6.07) is 11.2. The standard InChI is InChI=1S/C26H43N5O.HI/c1-3-27-25(31-14-11-23(20-31)19-30-15-17-32-18-16-30)28-21-26(12-7-8-13-26)29-22(2)24-9-5-4-6-10-24;/h4-6,9-10,22-23,29H,3,7-8,11-21H2,1-2H3,(H,27,28);1H. The number of benzene rings is 1. The van der Waals surface area contributed by atoms with Crippen molar-refractivity contribution in [1.29, 1.82) is 0 Å². The van der Waals surface area contributed by atoms with Crippen molar-refractivity contribution in [2.75, 3.05) is 59.0 Å². The molecule has 2 atom stereocenters. The number of halogens is 1. The Labute approximate surface area is 217 Å². The van der Waals surface area contributed by atoms with E-state index in [-0.39, 0.29) is 29.5 Å². The lowest BCUT2D eigenvalue weighted by molar-refractivity contribution is 0.0315. The minimum absolute atomic E-state index is 0. The van der Waals surface area contributed by atoms with E-state index in [0.29, 0.717) is 6.04 Å². The fraction of sp³-hybridized carbons (Fsp3) is 0.731. The zero-order chi connectivity index (χ0) is 22.2. The first-order valence-electron chi connectivity index (χ1n) is 12.8. The summed E-state index contributed by atoms with van der Waals surface area (Å²) in [6.07, 6.45) is 6.29. The second-order valence-electron chi connectivity index (χ2n) is 9.95. The van der Waals surface area contributed by atoms with Gasteiger partial charge in [0.25, 0.3) is 0 Å². The molecular formula is C26H44IN5O. The highest BCUT2D eigenvalue weighted by atomic mass is 127. The van der Waals surface area contributed by atoms with Gasteiger partial charge in [-0.2, -0.15) is 0 Å². The van der Waals surface area contributed by atoms with Gasteiger partial charge in [-0.3, -0.25) is 9.89 Å². The smallest absolute Gasteiger partial charge is 0.193 e. The molecule has 2 N–H and O–H groups in total. The van der Waals surface area contributed by atoms with Gasteiger partial charge in [0, 0.05) is 50.8 Å². The van der Waals surface area contributed by atoms with Crippen molar-refractivity contribution in [3.05, 3.63) is 35.9 Å². The third-order valence-electron chi connectivity index (χ3n) is 7.45. The molecule has 33 heavy (non-hydrogen) atoms. The Morgan fingerprint density at radius 2 is 1.88 bits per heavy atom.